The number of nitrogens with zero attached hydrogens (tertiary/aromatic N) is 4. The van der Waals surface area contributed by atoms with Crippen molar-refractivity contribution >= 4 is 56.4 Å². The number of thiazole rings is 1. The number of anilines is 2. The second-order valence-electron chi connectivity index (χ2n) is 5.62. The number of aromatic nitrogens is 4. The first-order chi connectivity index (χ1) is 13.2. The third kappa shape index (κ3) is 3.72. The summed E-state index contributed by atoms with van der Waals surface area (Å²) in [6, 6.07) is 8.99. The number of aliphatic hydroxyl groups is 1. The molecule has 0 aliphatic carbocycles. The summed E-state index contributed by atoms with van der Waals surface area (Å²) >= 11 is 14.1. The van der Waals surface area contributed by atoms with Crippen LogP contribution < -0.4 is 5.32 Å². The van der Waals surface area contributed by atoms with Gasteiger partial charge in [-0.3, -0.25) is 0 Å². The third-order valence-electron chi connectivity index (χ3n) is 3.82. The second kappa shape index (κ2) is 7.74. The molecule has 136 valence electrons. The first-order valence-corrected chi connectivity index (χ1v) is 9.61. The molecule has 0 aliphatic heterocycles. The van der Waals surface area contributed by atoms with Gasteiger partial charge < -0.3 is 10.4 Å². The molecule has 0 unspecified atom stereocenters. The van der Waals surface area contributed by atoms with Crippen molar-refractivity contribution in [1.29, 1.82) is 0 Å². The summed E-state index contributed by atoms with van der Waals surface area (Å²) in [5, 5.41) is 14.1. The molecule has 0 spiro atoms. The van der Waals surface area contributed by atoms with Crippen LogP contribution in [0.25, 0.3) is 20.8 Å². The highest BCUT2D eigenvalue weighted by atomic mass is 35.5. The van der Waals surface area contributed by atoms with E-state index in [9.17, 15) is 0 Å². The Balaban J connectivity index is 1.75. The Morgan fingerprint density at radius 2 is 1.89 bits per heavy atom. The van der Waals surface area contributed by atoms with E-state index in [0.717, 1.165) is 20.9 Å². The average Bonchev–Trinajstić information content (AvgIpc) is 3.07. The van der Waals surface area contributed by atoms with Crippen molar-refractivity contribution in [3.63, 3.8) is 0 Å². The molecule has 6 nitrogen and oxygen atoms in total. The number of fused-ring (bicyclic) bond motifs is 1. The van der Waals surface area contributed by atoms with Crippen LogP contribution in [-0.2, 0) is 6.42 Å². The summed E-state index contributed by atoms with van der Waals surface area (Å²) in [4.78, 5) is 17.4. The first kappa shape index (κ1) is 18.1. The maximum absolute atomic E-state index is 9.08. The van der Waals surface area contributed by atoms with Crippen LogP contribution in [0.2, 0.25) is 10.0 Å². The van der Waals surface area contributed by atoms with Crippen LogP contribution in [0.4, 0.5) is 11.6 Å². The zero-order valence-electron chi connectivity index (χ0n) is 13.9. The molecule has 0 fully saturated rings. The smallest absolute Gasteiger partial charge is 0.151 e. The molecule has 3 heterocycles. The van der Waals surface area contributed by atoms with Crippen molar-refractivity contribution in [2.24, 2.45) is 0 Å². The van der Waals surface area contributed by atoms with Gasteiger partial charge in [-0.1, -0.05) is 29.3 Å². The Morgan fingerprint density at radius 1 is 1.07 bits per heavy atom. The summed E-state index contributed by atoms with van der Waals surface area (Å²) < 4.78 is 0.866. The van der Waals surface area contributed by atoms with Gasteiger partial charge in [-0.05, 0) is 18.2 Å². The standard InChI is InChI=1S/C18H13Cl2N5OS/c19-11-2-1-3-12(20)15(11)18-24-13-4-6-21-17(16(13)27-18)25-14-8-10(5-7-26)22-9-23-14/h1-4,6,8-9,26H,5,7H2,(H,21,22,23,25). The van der Waals surface area contributed by atoms with Crippen LogP contribution in [0.5, 0.6) is 0 Å². The van der Waals surface area contributed by atoms with Crippen molar-refractivity contribution in [2.75, 3.05) is 11.9 Å². The number of rotatable bonds is 5. The van der Waals surface area contributed by atoms with E-state index in [1.807, 2.05) is 6.07 Å². The summed E-state index contributed by atoms with van der Waals surface area (Å²) in [5.41, 5.74) is 2.24. The molecule has 0 saturated heterocycles. The lowest BCUT2D eigenvalue weighted by Crippen LogP contribution is -2.00. The van der Waals surface area contributed by atoms with Crippen LogP contribution in [0.15, 0.2) is 42.9 Å². The SMILES string of the molecule is OCCc1cc(Nc2nccc3nc(-c4c(Cl)cccc4Cl)sc23)ncn1. The van der Waals surface area contributed by atoms with Gasteiger partial charge in [-0.25, -0.2) is 19.9 Å². The molecular formula is C18H13Cl2N5OS. The summed E-state index contributed by atoms with van der Waals surface area (Å²) in [5.74, 6) is 1.23. The number of hydrogen-bond acceptors (Lipinski definition) is 7. The molecule has 2 N–H and O–H groups in total. The van der Waals surface area contributed by atoms with E-state index in [1.165, 1.54) is 17.7 Å². The molecule has 0 saturated carbocycles. The zero-order valence-corrected chi connectivity index (χ0v) is 16.2. The lowest BCUT2D eigenvalue weighted by atomic mass is 10.2. The minimum absolute atomic E-state index is 0.0289. The van der Waals surface area contributed by atoms with Gasteiger partial charge in [0.1, 0.15) is 17.2 Å². The molecule has 0 aliphatic rings. The molecule has 0 radical (unpaired) electrons. The zero-order chi connectivity index (χ0) is 18.8. The highest BCUT2D eigenvalue weighted by molar-refractivity contribution is 7.22. The van der Waals surface area contributed by atoms with Gasteiger partial charge in [0.15, 0.2) is 5.82 Å². The summed E-state index contributed by atoms with van der Waals surface area (Å²) in [6.45, 7) is 0.0289. The van der Waals surface area contributed by atoms with E-state index in [0.29, 0.717) is 33.7 Å². The van der Waals surface area contributed by atoms with Crippen LogP contribution >= 0.6 is 34.5 Å². The van der Waals surface area contributed by atoms with Crippen LogP contribution in [-0.4, -0.2) is 31.6 Å². The van der Waals surface area contributed by atoms with Crippen LogP contribution in [0.1, 0.15) is 5.69 Å². The Hall–Kier alpha value is -2.32. The number of halogens is 2. The molecule has 27 heavy (non-hydrogen) atoms. The van der Waals surface area contributed by atoms with E-state index in [2.05, 4.69) is 25.3 Å². The van der Waals surface area contributed by atoms with Gasteiger partial charge in [-0.15, -0.1) is 11.3 Å². The topological polar surface area (TPSA) is 83.8 Å². The predicted octanol–water partition coefficient (Wildman–Crippen LogP) is 4.73. The first-order valence-electron chi connectivity index (χ1n) is 8.04. The molecule has 3 aromatic heterocycles. The maximum Gasteiger partial charge on any atom is 0.151 e. The quantitative estimate of drug-likeness (QED) is 0.487. The number of hydrogen-bond donors (Lipinski definition) is 2. The minimum atomic E-state index is 0.0289. The lowest BCUT2D eigenvalue weighted by molar-refractivity contribution is 0.298. The van der Waals surface area contributed by atoms with Crippen molar-refractivity contribution in [1.82, 2.24) is 19.9 Å². The number of benzene rings is 1. The Bertz CT molecular complexity index is 1100. The van der Waals surface area contributed by atoms with Gasteiger partial charge in [0, 0.05) is 36.5 Å². The Kier molecular flexibility index (Phi) is 5.18. The van der Waals surface area contributed by atoms with Gasteiger partial charge in [-0.2, -0.15) is 0 Å². The summed E-state index contributed by atoms with van der Waals surface area (Å²) in [6.07, 6.45) is 3.60. The van der Waals surface area contributed by atoms with Crippen molar-refractivity contribution in [2.45, 2.75) is 6.42 Å². The van der Waals surface area contributed by atoms with Gasteiger partial charge in [0.25, 0.3) is 0 Å². The second-order valence-corrected chi connectivity index (χ2v) is 7.43. The highest BCUT2D eigenvalue weighted by Crippen LogP contribution is 2.40. The highest BCUT2D eigenvalue weighted by Gasteiger charge is 2.16. The largest absolute Gasteiger partial charge is 0.396 e. The fourth-order valence-electron chi connectivity index (χ4n) is 2.59. The minimum Gasteiger partial charge on any atom is -0.396 e. The Labute approximate surface area is 168 Å². The molecule has 0 bridgehead atoms. The fourth-order valence-corrected chi connectivity index (χ4v) is 4.36. The van der Waals surface area contributed by atoms with E-state index >= 15 is 0 Å². The van der Waals surface area contributed by atoms with Gasteiger partial charge in [0.05, 0.1) is 20.3 Å². The monoisotopic (exact) mass is 417 g/mol. The third-order valence-corrected chi connectivity index (χ3v) is 5.54. The molecule has 0 amide bonds. The number of pyridine rings is 1. The van der Waals surface area contributed by atoms with Crippen molar-refractivity contribution in [3.8, 4) is 10.6 Å². The lowest BCUT2D eigenvalue weighted by Gasteiger charge is -2.06. The Morgan fingerprint density at radius 3 is 2.67 bits per heavy atom. The molecule has 9 heteroatoms. The van der Waals surface area contributed by atoms with E-state index in [-0.39, 0.29) is 6.61 Å². The maximum atomic E-state index is 9.08. The normalized spacial score (nSPS) is 11.1. The number of aliphatic hydroxyl groups excluding tert-OH is 1. The van der Waals surface area contributed by atoms with E-state index < -0.39 is 0 Å². The number of nitrogens with one attached hydrogen (secondary N) is 1. The molecular weight excluding hydrogens is 405 g/mol. The van der Waals surface area contributed by atoms with Gasteiger partial charge in [0.2, 0.25) is 0 Å². The van der Waals surface area contributed by atoms with E-state index in [4.69, 9.17) is 28.3 Å². The predicted molar refractivity (Wildman–Crippen MR) is 109 cm³/mol. The van der Waals surface area contributed by atoms with Gasteiger partial charge >= 0.3 is 0 Å². The van der Waals surface area contributed by atoms with E-state index in [1.54, 1.807) is 30.5 Å². The van der Waals surface area contributed by atoms with Crippen LogP contribution in [0, 0.1) is 0 Å². The molecule has 4 rings (SSSR count). The average molecular weight is 418 g/mol. The molecule has 0 atom stereocenters. The molecule has 4 aromatic rings. The van der Waals surface area contributed by atoms with Crippen LogP contribution in [0.3, 0.4) is 0 Å². The van der Waals surface area contributed by atoms with Crippen molar-refractivity contribution < 1.29 is 5.11 Å². The van der Waals surface area contributed by atoms with Crippen molar-refractivity contribution in [3.05, 3.63) is 58.6 Å². The molecule has 1 aromatic carbocycles. The fraction of sp³-hybridized carbons (Fsp3) is 0.111. The summed E-state index contributed by atoms with van der Waals surface area (Å²) in [7, 11) is 0.